The highest BCUT2D eigenvalue weighted by molar-refractivity contribution is 5.80. The van der Waals surface area contributed by atoms with E-state index in [-0.39, 0.29) is 5.91 Å². The molecular weight excluding hydrogens is 326 g/mol. The number of ether oxygens (including phenoxy) is 2. The molecular formula is C22H27NO3. The zero-order valence-corrected chi connectivity index (χ0v) is 15.6. The van der Waals surface area contributed by atoms with Gasteiger partial charge in [-0.05, 0) is 68.9 Å². The van der Waals surface area contributed by atoms with Crippen molar-refractivity contribution in [2.75, 3.05) is 13.2 Å². The van der Waals surface area contributed by atoms with E-state index in [0.29, 0.717) is 13.2 Å². The lowest BCUT2D eigenvalue weighted by molar-refractivity contribution is -0.127. The van der Waals surface area contributed by atoms with Crippen LogP contribution in [0, 0.1) is 6.92 Å². The Bertz CT molecular complexity index is 740. The fourth-order valence-corrected chi connectivity index (χ4v) is 3.22. The van der Waals surface area contributed by atoms with Crippen LogP contribution in [0.2, 0.25) is 0 Å². The van der Waals surface area contributed by atoms with Crippen LogP contribution in [0.15, 0.2) is 42.5 Å². The average molecular weight is 353 g/mol. The minimum atomic E-state index is -0.525. The molecule has 0 saturated heterocycles. The topological polar surface area (TPSA) is 47.6 Å². The predicted octanol–water partition coefficient (Wildman–Crippen LogP) is 3.84. The standard InChI is InChI=1S/C22H27NO3/c1-16-10-12-19(13-11-16)25-15-14-23-22(24)17(2)26-21-9-5-7-18-6-3-4-8-20(18)21/h5,7,9-13,17H,3-4,6,8,14-15H2,1-2H3,(H,23,24)/t17-/m1/s1. The summed E-state index contributed by atoms with van der Waals surface area (Å²) in [6.45, 7) is 4.71. The summed E-state index contributed by atoms with van der Waals surface area (Å²) >= 11 is 0. The van der Waals surface area contributed by atoms with E-state index < -0.39 is 6.10 Å². The number of hydrogen-bond donors (Lipinski definition) is 1. The fourth-order valence-electron chi connectivity index (χ4n) is 3.22. The van der Waals surface area contributed by atoms with E-state index in [2.05, 4.69) is 11.4 Å². The van der Waals surface area contributed by atoms with Gasteiger partial charge in [0.2, 0.25) is 0 Å². The highest BCUT2D eigenvalue weighted by atomic mass is 16.5. The van der Waals surface area contributed by atoms with Crippen LogP contribution >= 0.6 is 0 Å². The van der Waals surface area contributed by atoms with Gasteiger partial charge in [0.15, 0.2) is 6.10 Å². The van der Waals surface area contributed by atoms with E-state index in [4.69, 9.17) is 9.47 Å². The molecule has 0 unspecified atom stereocenters. The summed E-state index contributed by atoms with van der Waals surface area (Å²) in [5, 5.41) is 2.88. The van der Waals surface area contributed by atoms with Gasteiger partial charge in [-0.1, -0.05) is 29.8 Å². The van der Waals surface area contributed by atoms with Gasteiger partial charge in [-0.25, -0.2) is 0 Å². The van der Waals surface area contributed by atoms with Crippen molar-refractivity contribution in [3.63, 3.8) is 0 Å². The first-order valence-corrected chi connectivity index (χ1v) is 9.38. The Morgan fingerprint density at radius 1 is 1.12 bits per heavy atom. The van der Waals surface area contributed by atoms with Crippen LogP contribution < -0.4 is 14.8 Å². The second-order valence-electron chi connectivity index (χ2n) is 6.81. The zero-order chi connectivity index (χ0) is 18.4. The van der Waals surface area contributed by atoms with Gasteiger partial charge in [0.1, 0.15) is 18.1 Å². The molecule has 1 N–H and O–H groups in total. The first kappa shape index (κ1) is 18.3. The first-order valence-electron chi connectivity index (χ1n) is 9.38. The van der Waals surface area contributed by atoms with Gasteiger partial charge in [0.25, 0.3) is 5.91 Å². The molecule has 0 heterocycles. The SMILES string of the molecule is Cc1ccc(OCCNC(=O)[C@@H](C)Oc2cccc3c2CCCC3)cc1. The molecule has 4 nitrogen and oxygen atoms in total. The second-order valence-corrected chi connectivity index (χ2v) is 6.81. The second kappa shape index (κ2) is 8.75. The molecule has 0 saturated carbocycles. The Morgan fingerprint density at radius 3 is 2.69 bits per heavy atom. The van der Waals surface area contributed by atoms with Crippen LogP contribution in [0.5, 0.6) is 11.5 Å². The maximum absolute atomic E-state index is 12.3. The molecule has 0 aromatic heterocycles. The number of benzene rings is 2. The monoisotopic (exact) mass is 353 g/mol. The molecule has 1 aliphatic rings. The highest BCUT2D eigenvalue weighted by Gasteiger charge is 2.19. The van der Waals surface area contributed by atoms with Gasteiger partial charge in [0, 0.05) is 0 Å². The van der Waals surface area contributed by atoms with Gasteiger partial charge in [0.05, 0.1) is 6.54 Å². The summed E-state index contributed by atoms with van der Waals surface area (Å²) in [5.74, 6) is 1.54. The Labute approximate surface area is 155 Å². The van der Waals surface area contributed by atoms with Crippen molar-refractivity contribution in [1.29, 1.82) is 0 Å². The van der Waals surface area contributed by atoms with E-state index in [1.807, 2.05) is 43.3 Å². The van der Waals surface area contributed by atoms with E-state index in [9.17, 15) is 4.79 Å². The summed E-state index contributed by atoms with van der Waals surface area (Å²) in [4.78, 5) is 12.3. The van der Waals surface area contributed by atoms with E-state index >= 15 is 0 Å². The van der Waals surface area contributed by atoms with Crippen molar-refractivity contribution in [1.82, 2.24) is 5.32 Å². The molecule has 1 aliphatic carbocycles. The van der Waals surface area contributed by atoms with Crippen molar-refractivity contribution in [2.24, 2.45) is 0 Å². The van der Waals surface area contributed by atoms with Gasteiger partial charge >= 0.3 is 0 Å². The van der Waals surface area contributed by atoms with Crippen LogP contribution in [0.3, 0.4) is 0 Å². The third-order valence-corrected chi connectivity index (χ3v) is 4.72. The molecule has 0 spiro atoms. The number of aryl methyl sites for hydroxylation is 2. The predicted molar refractivity (Wildman–Crippen MR) is 103 cm³/mol. The number of hydrogen-bond acceptors (Lipinski definition) is 3. The molecule has 26 heavy (non-hydrogen) atoms. The third kappa shape index (κ3) is 4.78. The molecule has 0 bridgehead atoms. The Hall–Kier alpha value is -2.49. The van der Waals surface area contributed by atoms with Crippen molar-refractivity contribution in [2.45, 2.75) is 45.6 Å². The highest BCUT2D eigenvalue weighted by Crippen LogP contribution is 2.30. The Morgan fingerprint density at radius 2 is 1.88 bits per heavy atom. The fraction of sp³-hybridized carbons (Fsp3) is 0.409. The molecule has 3 rings (SSSR count). The minimum absolute atomic E-state index is 0.120. The summed E-state index contributed by atoms with van der Waals surface area (Å²) in [6, 6.07) is 14.0. The number of nitrogens with one attached hydrogen (secondary N) is 1. The molecule has 4 heteroatoms. The molecule has 2 aromatic rings. The van der Waals surface area contributed by atoms with Crippen molar-refractivity contribution >= 4 is 5.91 Å². The molecule has 2 aromatic carbocycles. The molecule has 1 atom stereocenters. The Balaban J connectivity index is 1.45. The van der Waals surface area contributed by atoms with Gasteiger partial charge in [-0.3, -0.25) is 4.79 Å². The number of amides is 1. The molecule has 0 radical (unpaired) electrons. The molecule has 0 aliphatic heterocycles. The summed E-state index contributed by atoms with van der Waals surface area (Å²) in [6.07, 6.45) is 4.02. The minimum Gasteiger partial charge on any atom is -0.492 e. The van der Waals surface area contributed by atoms with Gasteiger partial charge < -0.3 is 14.8 Å². The van der Waals surface area contributed by atoms with Crippen molar-refractivity contribution in [3.8, 4) is 11.5 Å². The lowest BCUT2D eigenvalue weighted by Crippen LogP contribution is -2.38. The van der Waals surface area contributed by atoms with Gasteiger partial charge in [-0.15, -0.1) is 0 Å². The lowest BCUT2D eigenvalue weighted by atomic mass is 9.91. The quantitative estimate of drug-likeness (QED) is 0.770. The summed E-state index contributed by atoms with van der Waals surface area (Å²) in [7, 11) is 0. The number of rotatable bonds is 7. The smallest absolute Gasteiger partial charge is 0.260 e. The number of carbonyl (C=O) groups excluding carboxylic acids is 1. The third-order valence-electron chi connectivity index (χ3n) is 4.72. The van der Waals surface area contributed by atoms with Crippen LogP contribution in [0.4, 0.5) is 0 Å². The van der Waals surface area contributed by atoms with E-state index in [1.165, 1.54) is 29.5 Å². The van der Waals surface area contributed by atoms with Crippen LogP contribution in [0.25, 0.3) is 0 Å². The van der Waals surface area contributed by atoms with E-state index in [0.717, 1.165) is 24.3 Å². The molecule has 0 fully saturated rings. The maximum atomic E-state index is 12.3. The van der Waals surface area contributed by atoms with E-state index in [1.54, 1.807) is 6.92 Å². The number of carbonyl (C=O) groups is 1. The Kier molecular flexibility index (Phi) is 6.16. The largest absolute Gasteiger partial charge is 0.492 e. The van der Waals surface area contributed by atoms with Crippen molar-refractivity contribution < 1.29 is 14.3 Å². The van der Waals surface area contributed by atoms with Gasteiger partial charge in [-0.2, -0.15) is 0 Å². The van der Waals surface area contributed by atoms with Crippen LogP contribution in [-0.2, 0) is 17.6 Å². The zero-order valence-electron chi connectivity index (χ0n) is 15.6. The lowest BCUT2D eigenvalue weighted by Gasteiger charge is -2.22. The maximum Gasteiger partial charge on any atom is 0.260 e. The molecule has 1 amide bonds. The first-order chi connectivity index (χ1) is 12.6. The average Bonchev–Trinajstić information content (AvgIpc) is 2.66. The summed E-state index contributed by atoms with van der Waals surface area (Å²) < 4.78 is 11.6. The normalized spacial score (nSPS) is 14.2. The number of fused-ring (bicyclic) bond motifs is 1. The van der Waals surface area contributed by atoms with Crippen molar-refractivity contribution in [3.05, 3.63) is 59.2 Å². The van der Waals surface area contributed by atoms with Crippen LogP contribution in [-0.4, -0.2) is 25.2 Å². The van der Waals surface area contributed by atoms with Crippen LogP contribution in [0.1, 0.15) is 36.5 Å². The summed E-state index contributed by atoms with van der Waals surface area (Å²) in [5.41, 5.74) is 3.81. The molecule has 138 valence electrons.